The molecule has 5 rings (SSSR count). The lowest BCUT2D eigenvalue weighted by atomic mass is 9.67. The Bertz CT molecular complexity index is 1160. The van der Waals surface area contributed by atoms with Crippen LogP contribution in [-0.4, -0.2) is 64.7 Å². The van der Waals surface area contributed by atoms with Crippen LogP contribution in [0.15, 0.2) is 48.5 Å². The summed E-state index contributed by atoms with van der Waals surface area (Å²) in [5.41, 5.74) is 0.956. The van der Waals surface area contributed by atoms with E-state index in [4.69, 9.17) is 27.9 Å². The number of fused-ring (bicyclic) bond motifs is 2. The van der Waals surface area contributed by atoms with Crippen LogP contribution in [0.4, 0.5) is 0 Å². The highest BCUT2D eigenvalue weighted by molar-refractivity contribution is 6.30. The minimum absolute atomic E-state index is 0.0809. The monoisotopic (exact) mass is 544 g/mol. The van der Waals surface area contributed by atoms with Crippen LogP contribution in [0, 0.1) is 5.41 Å². The van der Waals surface area contributed by atoms with Crippen molar-refractivity contribution in [1.82, 2.24) is 9.80 Å². The average molecular weight is 546 g/mol. The molecule has 8 heteroatoms. The number of rotatable bonds is 8. The molecule has 0 aliphatic carbocycles. The highest BCUT2D eigenvalue weighted by atomic mass is 35.5. The van der Waals surface area contributed by atoms with Crippen molar-refractivity contribution >= 4 is 35.1 Å². The van der Waals surface area contributed by atoms with E-state index in [2.05, 4.69) is 11.8 Å². The molecule has 1 amide bonds. The molecule has 37 heavy (non-hydrogen) atoms. The van der Waals surface area contributed by atoms with E-state index in [0.717, 1.165) is 43.7 Å². The minimum Gasteiger partial charge on any atom is -0.481 e. The zero-order chi connectivity index (χ0) is 26.3. The van der Waals surface area contributed by atoms with Crippen molar-refractivity contribution in [1.29, 1.82) is 0 Å². The Labute approximate surface area is 228 Å². The summed E-state index contributed by atoms with van der Waals surface area (Å²) >= 11 is 12.7. The van der Waals surface area contributed by atoms with Crippen molar-refractivity contribution in [3.8, 4) is 0 Å². The lowest BCUT2D eigenvalue weighted by Gasteiger charge is -2.52. The zero-order valence-corrected chi connectivity index (χ0v) is 22.8. The third kappa shape index (κ3) is 5.26. The molecule has 0 aromatic heterocycles. The van der Waals surface area contributed by atoms with Crippen molar-refractivity contribution in [3.63, 3.8) is 0 Å². The minimum atomic E-state index is -1.04. The van der Waals surface area contributed by atoms with Gasteiger partial charge in [-0.3, -0.25) is 14.5 Å². The summed E-state index contributed by atoms with van der Waals surface area (Å²) in [5, 5.41) is 11.1. The molecule has 3 saturated heterocycles. The molecule has 3 fully saturated rings. The van der Waals surface area contributed by atoms with Crippen LogP contribution in [0.3, 0.4) is 0 Å². The highest BCUT2D eigenvalue weighted by Crippen LogP contribution is 2.52. The van der Waals surface area contributed by atoms with Gasteiger partial charge in [-0.05, 0) is 54.7 Å². The van der Waals surface area contributed by atoms with Crippen LogP contribution in [0.5, 0.6) is 0 Å². The number of morpholine rings is 1. The van der Waals surface area contributed by atoms with Gasteiger partial charge in [0.2, 0.25) is 5.91 Å². The molecule has 198 valence electrons. The predicted molar refractivity (Wildman–Crippen MR) is 144 cm³/mol. The number of amides is 1. The first-order valence-electron chi connectivity index (χ1n) is 13.1. The summed E-state index contributed by atoms with van der Waals surface area (Å²) in [5.74, 6) is -1.19. The summed E-state index contributed by atoms with van der Waals surface area (Å²) in [4.78, 5) is 30.8. The van der Waals surface area contributed by atoms with E-state index in [-0.39, 0.29) is 36.4 Å². The first-order valence-corrected chi connectivity index (χ1v) is 13.8. The van der Waals surface area contributed by atoms with Crippen LogP contribution < -0.4 is 0 Å². The van der Waals surface area contributed by atoms with E-state index in [9.17, 15) is 14.7 Å². The van der Waals surface area contributed by atoms with Gasteiger partial charge in [-0.15, -0.1) is 0 Å². The number of carboxylic acids is 1. The quantitative estimate of drug-likeness (QED) is 0.455. The Hall–Kier alpha value is -2.12. The number of hydrogen-bond donors (Lipinski definition) is 1. The second-order valence-electron chi connectivity index (χ2n) is 11.1. The Morgan fingerprint density at radius 3 is 2.51 bits per heavy atom. The molecule has 2 aromatic carbocycles. The number of likely N-dealkylation sites (tertiary alicyclic amines) is 2. The summed E-state index contributed by atoms with van der Waals surface area (Å²) in [6.07, 6.45) is 2.26. The van der Waals surface area contributed by atoms with Gasteiger partial charge in [-0.2, -0.15) is 0 Å². The van der Waals surface area contributed by atoms with Gasteiger partial charge in [0.05, 0.1) is 30.6 Å². The zero-order valence-electron chi connectivity index (χ0n) is 21.3. The topological polar surface area (TPSA) is 70.1 Å². The predicted octanol–water partition coefficient (Wildman–Crippen LogP) is 5.78. The van der Waals surface area contributed by atoms with E-state index >= 15 is 0 Å². The Balaban J connectivity index is 1.61. The number of nitrogens with zero attached hydrogens (tertiary/aromatic N) is 2. The van der Waals surface area contributed by atoms with Crippen LogP contribution in [0.2, 0.25) is 10.0 Å². The first kappa shape index (κ1) is 26.5. The normalized spacial score (nSPS) is 30.6. The number of hydrogen-bond acceptors (Lipinski definition) is 4. The lowest BCUT2D eigenvalue weighted by molar-refractivity contribution is -0.161. The molecule has 0 spiro atoms. The number of carboxylic acid groups (broad SMARTS) is 1. The Kier molecular flexibility index (Phi) is 7.56. The van der Waals surface area contributed by atoms with Gasteiger partial charge in [-0.25, -0.2) is 0 Å². The maximum Gasteiger partial charge on any atom is 0.304 e. The van der Waals surface area contributed by atoms with Gasteiger partial charge in [0, 0.05) is 41.1 Å². The molecule has 0 saturated carbocycles. The van der Waals surface area contributed by atoms with Crippen molar-refractivity contribution in [2.75, 3.05) is 19.7 Å². The standard InChI is InChI=1S/C29H34Cl2N2O4/c1-3-22(15-32-16-24-12-23(32)17-37-24)33-27(18-7-9-20(30)10-8-18)25(19-5-4-6-21(31)11-19)13-29(2,28(33)36)14-26(34)35/h4-11,22-25,27H,3,12-17H2,1-2H3,(H,34,35). The van der Waals surface area contributed by atoms with Crippen molar-refractivity contribution in [2.45, 2.75) is 69.7 Å². The van der Waals surface area contributed by atoms with Crippen molar-refractivity contribution < 1.29 is 19.4 Å². The molecule has 3 heterocycles. The summed E-state index contributed by atoms with van der Waals surface area (Å²) in [6.45, 7) is 6.27. The van der Waals surface area contributed by atoms with E-state index in [1.807, 2.05) is 60.4 Å². The largest absolute Gasteiger partial charge is 0.481 e. The van der Waals surface area contributed by atoms with Gasteiger partial charge < -0.3 is 14.7 Å². The van der Waals surface area contributed by atoms with Gasteiger partial charge in [-0.1, -0.05) is 61.3 Å². The van der Waals surface area contributed by atoms with Crippen LogP contribution in [0.1, 0.15) is 62.6 Å². The van der Waals surface area contributed by atoms with E-state index in [0.29, 0.717) is 22.5 Å². The molecule has 2 bridgehead atoms. The van der Waals surface area contributed by atoms with Gasteiger partial charge in [0.25, 0.3) is 0 Å². The summed E-state index contributed by atoms with van der Waals surface area (Å²) < 4.78 is 5.82. The molecule has 6 unspecified atom stereocenters. The van der Waals surface area contributed by atoms with E-state index in [1.165, 1.54) is 0 Å². The molecule has 3 aliphatic heterocycles. The molecule has 6 nitrogen and oxygen atoms in total. The highest BCUT2D eigenvalue weighted by Gasteiger charge is 2.53. The fourth-order valence-corrected chi connectivity index (χ4v) is 6.99. The third-order valence-corrected chi connectivity index (χ3v) is 8.94. The maximum atomic E-state index is 14.4. The number of halogens is 2. The number of benzene rings is 2. The smallest absolute Gasteiger partial charge is 0.304 e. The van der Waals surface area contributed by atoms with Gasteiger partial charge >= 0.3 is 5.97 Å². The average Bonchev–Trinajstić information content (AvgIpc) is 3.48. The van der Waals surface area contributed by atoms with E-state index < -0.39 is 11.4 Å². The molecular weight excluding hydrogens is 511 g/mol. The Morgan fingerprint density at radius 2 is 1.92 bits per heavy atom. The van der Waals surface area contributed by atoms with Gasteiger partial charge in [0.1, 0.15) is 0 Å². The SMILES string of the molecule is CCC(CN1CC2CC1CO2)N1C(=O)C(C)(CC(=O)O)CC(c2cccc(Cl)c2)C1c1ccc(Cl)cc1. The molecular formula is C29H34Cl2N2O4. The second-order valence-corrected chi connectivity index (χ2v) is 11.9. The van der Waals surface area contributed by atoms with Crippen molar-refractivity contribution in [3.05, 3.63) is 69.7 Å². The fourth-order valence-electron chi connectivity index (χ4n) is 6.67. The maximum absolute atomic E-state index is 14.4. The number of ether oxygens (including phenoxy) is 1. The van der Waals surface area contributed by atoms with Crippen LogP contribution in [-0.2, 0) is 14.3 Å². The van der Waals surface area contributed by atoms with Crippen LogP contribution >= 0.6 is 23.2 Å². The van der Waals surface area contributed by atoms with Crippen molar-refractivity contribution in [2.24, 2.45) is 5.41 Å². The van der Waals surface area contributed by atoms with Gasteiger partial charge in [0.15, 0.2) is 0 Å². The van der Waals surface area contributed by atoms with E-state index in [1.54, 1.807) is 0 Å². The molecule has 1 N–H and O–H groups in total. The molecule has 3 aliphatic rings. The molecule has 0 radical (unpaired) electrons. The summed E-state index contributed by atoms with van der Waals surface area (Å²) in [6, 6.07) is 15.5. The van der Waals surface area contributed by atoms with Crippen LogP contribution in [0.25, 0.3) is 0 Å². The fraction of sp³-hybridized carbons (Fsp3) is 0.517. The summed E-state index contributed by atoms with van der Waals surface area (Å²) in [7, 11) is 0. The lowest BCUT2D eigenvalue weighted by Crippen LogP contribution is -2.58. The number of aliphatic carboxylic acids is 1. The number of carbonyl (C=O) groups excluding carboxylic acids is 1. The first-order chi connectivity index (χ1) is 17.7. The number of piperidine rings is 1. The Morgan fingerprint density at radius 1 is 1.16 bits per heavy atom. The molecule has 6 atom stereocenters. The number of carbonyl (C=O) groups is 2. The second kappa shape index (κ2) is 10.6. The molecule has 2 aromatic rings. The third-order valence-electron chi connectivity index (χ3n) is 8.46.